The molecule has 0 aliphatic carbocycles. The highest BCUT2D eigenvalue weighted by Crippen LogP contribution is 1.95. The Morgan fingerprint density at radius 1 is 1.27 bits per heavy atom. The van der Waals surface area contributed by atoms with Crippen LogP contribution in [-0.2, 0) is 11.3 Å². The average Bonchev–Trinajstić information content (AvgIpc) is 2.82. The smallest absolute Gasteiger partial charge is 0.350 e. The molecular formula is C14H22ClN5O2. The molecule has 2 heterocycles. The average molecular weight is 328 g/mol. The summed E-state index contributed by atoms with van der Waals surface area (Å²) in [6.07, 6.45) is 2.99. The first-order chi connectivity index (χ1) is 10.2. The van der Waals surface area contributed by atoms with Gasteiger partial charge in [-0.05, 0) is 25.1 Å². The SMILES string of the molecule is CCCNCCNC(=O)CCn1nc2ccccn2c1=O.Cl. The summed E-state index contributed by atoms with van der Waals surface area (Å²) >= 11 is 0. The molecule has 0 fully saturated rings. The van der Waals surface area contributed by atoms with Crippen LogP contribution in [0.25, 0.3) is 5.65 Å². The van der Waals surface area contributed by atoms with E-state index in [2.05, 4.69) is 22.7 Å². The fraction of sp³-hybridized carbons (Fsp3) is 0.500. The molecule has 0 aliphatic rings. The lowest BCUT2D eigenvalue weighted by Crippen LogP contribution is -2.33. The Balaban J connectivity index is 0.00000242. The zero-order valence-corrected chi connectivity index (χ0v) is 13.4. The highest BCUT2D eigenvalue weighted by Gasteiger charge is 2.07. The highest BCUT2D eigenvalue weighted by atomic mass is 35.5. The van der Waals surface area contributed by atoms with Gasteiger partial charge in [0.25, 0.3) is 0 Å². The Labute approximate surface area is 135 Å². The second-order valence-corrected chi connectivity index (χ2v) is 4.78. The van der Waals surface area contributed by atoms with Crippen molar-refractivity contribution in [2.75, 3.05) is 19.6 Å². The minimum atomic E-state index is -0.219. The molecule has 0 saturated heterocycles. The van der Waals surface area contributed by atoms with E-state index in [-0.39, 0.29) is 37.0 Å². The number of halogens is 1. The predicted molar refractivity (Wildman–Crippen MR) is 87.5 cm³/mol. The summed E-state index contributed by atoms with van der Waals surface area (Å²) in [7, 11) is 0. The largest absolute Gasteiger partial charge is 0.355 e. The number of hydrogen-bond acceptors (Lipinski definition) is 4. The molecule has 1 amide bonds. The van der Waals surface area contributed by atoms with Crippen LogP contribution in [0.1, 0.15) is 19.8 Å². The van der Waals surface area contributed by atoms with Crippen LogP contribution in [0.5, 0.6) is 0 Å². The third-order valence-corrected chi connectivity index (χ3v) is 3.09. The lowest BCUT2D eigenvalue weighted by molar-refractivity contribution is -0.121. The van der Waals surface area contributed by atoms with Crippen LogP contribution >= 0.6 is 12.4 Å². The third-order valence-electron chi connectivity index (χ3n) is 3.09. The standard InChI is InChI=1S/C14H21N5O2.ClH/c1-2-7-15-8-9-16-13(20)6-11-19-14(21)18-10-4-3-5-12(18)17-19;/h3-5,10,15H,2,6-9,11H2,1H3,(H,16,20);1H. The van der Waals surface area contributed by atoms with Crippen LogP contribution in [0.15, 0.2) is 29.2 Å². The fourth-order valence-corrected chi connectivity index (χ4v) is 2.00. The number of carbonyl (C=O) groups excluding carboxylic acids is 1. The van der Waals surface area contributed by atoms with Gasteiger partial charge in [0.1, 0.15) is 0 Å². The molecule has 22 heavy (non-hydrogen) atoms. The molecule has 0 bridgehead atoms. The maximum Gasteiger partial charge on any atom is 0.350 e. The highest BCUT2D eigenvalue weighted by molar-refractivity contribution is 5.85. The number of aromatic nitrogens is 3. The van der Waals surface area contributed by atoms with E-state index in [0.717, 1.165) is 19.5 Å². The molecule has 2 aromatic rings. The molecule has 0 saturated carbocycles. The molecule has 0 aromatic carbocycles. The van der Waals surface area contributed by atoms with Crippen molar-refractivity contribution in [3.05, 3.63) is 34.9 Å². The Morgan fingerprint density at radius 3 is 2.82 bits per heavy atom. The van der Waals surface area contributed by atoms with E-state index in [1.807, 2.05) is 6.07 Å². The first kappa shape index (κ1) is 18.2. The molecule has 0 aliphatic heterocycles. The molecule has 2 rings (SSSR count). The quantitative estimate of drug-likeness (QED) is 0.689. The number of carbonyl (C=O) groups is 1. The summed E-state index contributed by atoms with van der Waals surface area (Å²) in [6.45, 7) is 4.69. The molecule has 0 unspecified atom stereocenters. The molecule has 2 N–H and O–H groups in total. The van der Waals surface area contributed by atoms with Crippen molar-refractivity contribution >= 4 is 24.0 Å². The van der Waals surface area contributed by atoms with Crippen molar-refractivity contribution in [2.24, 2.45) is 0 Å². The number of hydrogen-bond donors (Lipinski definition) is 2. The lowest BCUT2D eigenvalue weighted by atomic mass is 10.4. The molecule has 7 nitrogen and oxygen atoms in total. The van der Waals surface area contributed by atoms with Crippen molar-refractivity contribution in [2.45, 2.75) is 26.3 Å². The Hall–Kier alpha value is -1.86. The van der Waals surface area contributed by atoms with Gasteiger partial charge in [-0.3, -0.25) is 9.20 Å². The number of nitrogens with one attached hydrogen (secondary N) is 2. The van der Waals surface area contributed by atoms with Gasteiger partial charge < -0.3 is 10.6 Å². The predicted octanol–water partition coefficient (Wildman–Crippen LogP) is 0.424. The first-order valence-corrected chi connectivity index (χ1v) is 7.24. The van der Waals surface area contributed by atoms with Crippen molar-refractivity contribution in [3.8, 4) is 0 Å². The summed E-state index contributed by atoms with van der Waals surface area (Å²) in [6, 6.07) is 5.36. The van der Waals surface area contributed by atoms with Crippen molar-refractivity contribution < 1.29 is 4.79 Å². The van der Waals surface area contributed by atoms with Gasteiger partial charge in [-0.15, -0.1) is 17.5 Å². The van der Waals surface area contributed by atoms with E-state index in [1.165, 1.54) is 9.08 Å². The van der Waals surface area contributed by atoms with Crippen LogP contribution in [-0.4, -0.2) is 39.7 Å². The van der Waals surface area contributed by atoms with Gasteiger partial charge in [0.2, 0.25) is 5.91 Å². The van der Waals surface area contributed by atoms with E-state index in [1.54, 1.807) is 18.3 Å². The lowest BCUT2D eigenvalue weighted by Gasteiger charge is -2.05. The monoisotopic (exact) mass is 327 g/mol. The minimum absolute atomic E-state index is 0. The van der Waals surface area contributed by atoms with Crippen LogP contribution in [0, 0.1) is 0 Å². The number of rotatable bonds is 8. The molecule has 0 spiro atoms. The second-order valence-electron chi connectivity index (χ2n) is 4.78. The molecule has 0 radical (unpaired) electrons. The normalized spacial score (nSPS) is 10.4. The van der Waals surface area contributed by atoms with Gasteiger partial charge in [0.15, 0.2) is 5.65 Å². The van der Waals surface area contributed by atoms with Crippen molar-refractivity contribution in [1.29, 1.82) is 0 Å². The third kappa shape index (κ3) is 4.85. The zero-order chi connectivity index (χ0) is 15.1. The summed E-state index contributed by atoms with van der Waals surface area (Å²) in [4.78, 5) is 23.7. The zero-order valence-electron chi connectivity index (χ0n) is 12.6. The number of aryl methyl sites for hydroxylation is 1. The Bertz CT molecular complexity index is 652. The van der Waals surface area contributed by atoms with Crippen LogP contribution in [0.4, 0.5) is 0 Å². The van der Waals surface area contributed by atoms with E-state index in [9.17, 15) is 9.59 Å². The molecule has 2 aromatic heterocycles. The van der Waals surface area contributed by atoms with Gasteiger partial charge in [-0.2, -0.15) is 0 Å². The minimum Gasteiger partial charge on any atom is -0.355 e. The molecule has 0 atom stereocenters. The van der Waals surface area contributed by atoms with Crippen molar-refractivity contribution in [3.63, 3.8) is 0 Å². The van der Waals surface area contributed by atoms with Crippen LogP contribution in [0.2, 0.25) is 0 Å². The van der Waals surface area contributed by atoms with E-state index >= 15 is 0 Å². The van der Waals surface area contributed by atoms with E-state index < -0.39 is 0 Å². The Morgan fingerprint density at radius 2 is 2.09 bits per heavy atom. The number of amides is 1. The number of pyridine rings is 1. The van der Waals surface area contributed by atoms with Gasteiger partial charge in [0, 0.05) is 25.7 Å². The number of nitrogens with zero attached hydrogens (tertiary/aromatic N) is 3. The summed E-state index contributed by atoms with van der Waals surface area (Å²) in [5.41, 5.74) is 0.370. The fourth-order valence-electron chi connectivity index (χ4n) is 2.00. The Kier molecular flexibility index (Phi) is 7.62. The van der Waals surface area contributed by atoms with Crippen LogP contribution in [0.3, 0.4) is 0 Å². The van der Waals surface area contributed by atoms with Gasteiger partial charge >= 0.3 is 5.69 Å². The molecule has 8 heteroatoms. The van der Waals surface area contributed by atoms with E-state index in [4.69, 9.17) is 0 Å². The topological polar surface area (TPSA) is 80.4 Å². The summed E-state index contributed by atoms with van der Waals surface area (Å²) < 4.78 is 2.79. The summed E-state index contributed by atoms with van der Waals surface area (Å²) in [5, 5.41) is 10.2. The maximum absolute atomic E-state index is 12.0. The van der Waals surface area contributed by atoms with E-state index in [0.29, 0.717) is 12.2 Å². The van der Waals surface area contributed by atoms with Gasteiger partial charge in [0.05, 0.1) is 6.54 Å². The first-order valence-electron chi connectivity index (χ1n) is 7.24. The maximum atomic E-state index is 12.0. The van der Waals surface area contributed by atoms with Gasteiger partial charge in [-0.25, -0.2) is 9.48 Å². The molecular weight excluding hydrogens is 306 g/mol. The van der Waals surface area contributed by atoms with Crippen molar-refractivity contribution in [1.82, 2.24) is 24.8 Å². The van der Waals surface area contributed by atoms with Gasteiger partial charge in [-0.1, -0.05) is 13.0 Å². The second kappa shape index (κ2) is 9.22. The number of fused-ring (bicyclic) bond motifs is 1. The van der Waals surface area contributed by atoms with Crippen LogP contribution < -0.4 is 16.3 Å². The molecule has 122 valence electrons. The summed E-state index contributed by atoms with van der Waals surface area (Å²) in [5.74, 6) is -0.0720.